The minimum atomic E-state index is -4.64. The number of alkyl halides is 3. The monoisotopic (exact) mass is 348 g/mol. The van der Waals surface area contributed by atoms with Crippen LogP contribution in [0.3, 0.4) is 0 Å². The van der Waals surface area contributed by atoms with Crippen LogP contribution in [0.5, 0.6) is 0 Å². The van der Waals surface area contributed by atoms with Crippen LogP contribution < -0.4 is 5.32 Å². The first kappa shape index (κ1) is 16.9. The van der Waals surface area contributed by atoms with Crippen molar-refractivity contribution in [3.63, 3.8) is 0 Å². The van der Waals surface area contributed by atoms with E-state index >= 15 is 0 Å². The lowest BCUT2D eigenvalue weighted by atomic mass is 10.1. The van der Waals surface area contributed by atoms with Crippen LogP contribution >= 0.6 is 0 Å². The van der Waals surface area contributed by atoms with Gasteiger partial charge in [-0.1, -0.05) is 12.1 Å². The number of halogens is 3. The molecule has 0 aliphatic carbocycles. The number of hydrogen-bond acceptors (Lipinski definition) is 3. The number of carbonyl (C=O) groups is 1. The van der Waals surface area contributed by atoms with Gasteiger partial charge in [-0.25, -0.2) is 4.98 Å². The zero-order chi connectivity index (χ0) is 18.0. The Labute approximate surface area is 141 Å². The van der Waals surface area contributed by atoms with Crippen LogP contribution in [0.15, 0.2) is 48.9 Å². The van der Waals surface area contributed by atoms with Crippen molar-refractivity contribution >= 4 is 11.6 Å². The number of fused-ring (bicyclic) bond motifs is 1. The van der Waals surface area contributed by atoms with Crippen molar-refractivity contribution in [3.8, 4) is 0 Å². The van der Waals surface area contributed by atoms with Gasteiger partial charge in [-0.2, -0.15) is 13.2 Å². The first-order valence-corrected chi connectivity index (χ1v) is 7.55. The maximum absolute atomic E-state index is 13.3. The molecule has 3 aromatic heterocycles. The second kappa shape index (κ2) is 6.54. The van der Waals surface area contributed by atoms with E-state index in [1.165, 1.54) is 30.6 Å². The van der Waals surface area contributed by atoms with Gasteiger partial charge in [-0.05, 0) is 30.7 Å². The Balaban J connectivity index is 1.81. The number of amides is 1. The average Bonchev–Trinajstić information content (AvgIpc) is 2.97. The zero-order valence-electron chi connectivity index (χ0n) is 13.3. The minimum Gasteiger partial charge on any atom is -0.339 e. The lowest BCUT2D eigenvalue weighted by Gasteiger charge is -2.21. The molecule has 0 aliphatic heterocycles. The number of rotatable bonds is 4. The highest BCUT2D eigenvalue weighted by atomic mass is 19.4. The summed E-state index contributed by atoms with van der Waals surface area (Å²) in [5.74, 6) is -0.753. The molecule has 0 bridgehead atoms. The molecule has 1 amide bonds. The van der Waals surface area contributed by atoms with Gasteiger partial charge in [0.2, 0.25) is 5.91 Å². The van der Waals surface area contributed by atoms with Crippen molar-refractivity contribution in [3.05, 3.63) is 65.9 Å². The number of imidazole rings is 1. The summed E-state index contributed by atoms with van der Waals surface area (Å²) in [6, 6.07) is 5.70. The molecule has 0 saturated heterocycles. The van der Waals surface area contributed by atoms with Gasteiger partial charge in [-0.3, -0.25) is 9.78 Å². The Bertz CT molecular complexity index is 890. The van der Waals surface area contributed by atoms with E-state index in [4.69, 9.17) is 0 Å². The van der Waals surface area contributed by atoms with E-state index in [0.717, 1.165) is 5.56 Å². The zero-order valence-corrected chi connectivity index (χ0v) is 13.3. The molecule has 25 heavy (non-hydrogen) atoms. The number of nitrogens with zero attached hydrogens (tertiary/aromatic N) is 3. The maximum Gasteiger partial charge on any atom is 0.414 e. The quantitative estimate of drug-likeness (QED) is 0.789. The number of aromatic nitrogens is 3. The minimum absolute atomic E-state index is 0.218. The van der Waals surface area contributed by atoms with Crippen LogP contribution in [0.1, 0.15) is 23.0 Å². The molecular formula is C17H15F3N4O. The normalized spacial score (nSPS) is 13.0. The highest BCUT2D eigenvalue weighted by molar-refractivity contribution is 5.79. The molecule has 0 aromatic carbocycles. The fourth-order valence-corrected chi connectivity index (χ4v) is 2.58. The molecule has 5 nitrogen and oxygen atoms in total. The smallest absolute Gasteiger partial charge is 0.339 e. The molecule has 3 aromatic rings. The first-order chi connectivity index (χ1) is 11.9. The third-order valence-corrected chi connectivity index (χ3v) is 3.77. The van der Waals surface area contributed by atoms with Crippen molar-refractivity contribution in [2.75, 3.05) is 0 Å². The van der Waals surface area contributed by atoms with Gasteiger partial charge in [0.1, 0.15) is 5.65 Å². The van der Waals surface area contributed by atoms with Crippen molar-refractivity contribution in [1.29, 1.82) is 0 Å². The molecule has 0 radical (unpaired) electrons. The highest BCUT2D eigenvalue weighted by Crippen LogP contribution is 2.31. The summed E-state index contributed by atoms with van der Waals surface area (Å²) in [6.07, 6.45) is -0.388. The first-order valence-electron chi connectivity index (χ1n) is 7.55. The van der Waals surface area contributed by atoms with E-state index in [2.05, 4.69) is 9.97 Å². The largest absolute Gasteiger partial charge is 0.414 e. The topological polar surface area (TPSA) is 59.3 Å². The fraction of sp³-hybridized carbons (Fsp3) is 0.235. The van der Waals surface area contributed by atoms with Gasteiger partial charge in [0.15, 0.2) is 6.04 Å². The average molecular weight is 348 g/mol. The molecule has 0 fully saturated rings. The summed E-state index contributed by atoms with van der Waals surface area (Å²) in [4.78, 5) is 20.1. The summed E-state index contributed by atoms with van der Waals surface area (Å²) in [5, 5.41) is 2.02. The molecule has 0 spiro atoms. The van der Waals surface area contributed by atoms with Crippen molar-refractivity contribution in [2.45, 2.75) is 25.6 Å². The predicted octanol–water partition coefficient (Wildman–Crippen LogP) is 3.00. The van der Waals surface area contributed by atoms with Crippen molar-refractivity contribution in [2.24, 2.45) is 0 Å². The third-order valence-electron chi connectivity index (χ3n) is 3.77. The van der Waals surface area contributed by atoms with E-state index in [1.54, 1.807) is 16.7 Å². The van der Waals surface area contributed by atoms with Crippen LogP contribution in [0.25, 0.3) is 5.65 Å². The van der Waals surface area contributed by atoms with Gasteiger partial charge in [0.25, 0.3) is 0 Å². The predicted molar refractivity (Wildman–Crippen MR) is 84.8 cm³/mol. The van der Waals surface area contributed by atoms with Gasteiger partial charge < -0.3 is 9.72 Å². The Morgan fingerprint density at radius 3 is 2.72 bits per heavy atom. The van der Waals surface area contributed by atoms with Crippen LogP contribution in [-0.4, -0.2) is 26.5 Å². The standard InChI is InChI=1S/C17H15F3N4O/c1-11-5-4-8-24-12(10-22-16(11)24)9-14(25)23-15(17(18,19)20)13-6-2-3-7-21-13/h2-8,10,15H,9H2,1H3,(H,23,25)/t15-/m0/s1. The highest BCUT2D eigenvalue weighted by Gasteiger charge is 2.42. The molecule has 0 aliphatic rings. The molecular weight excluding hydrogens is 333 g/mol. The molecule has 0 unspecified atom stereocenters. The van der Waals surface area contributed by atoms with Crippen molar-refractivity contribution in [1.82, 2.24) is 19.7 Å². The number of nitrogens with one attached hydrogen (secondary N) is 1. The number of aryl methyl sites for hydroxylation is 1. The molecule has 130 valence electrons. The van der Waals surface area contributed by atoms with Gasteiger partial charge in [0.05, 0.1) is 17.8 Å². The molecule has 3 heterocycles. The van der Waals surface area contributed by atoms with E-state index in [-0.39, 0.29) is 12.1 Å². The summed E-state index contributed by atoms with van der Waals surface area (Å²) >= 11 is 0. The van der Waals surface area contributed by atoms with E-state index in [1.807, 2.05) is 18.3 Å². The van der Waals surface area contributed by atoms with Crippen LogP contribution in [0, 0.1) is 6.92 Å². The lowest BCUT2D eigenvalue weighted by molar-refractivity contribution is -0.164. The summed E-state index contributed by atoms with van der Waals surface area (Å²) in [6.45, 7) is 1.87. The second-order valence-corrected chi connectivity index (χ2v) is 5.61. The molecule has 8 heteroatoms. The second-order valence-electron chi connectivity index (χ2n) is 5.61. The van der Waals surface area contributed by atoms with Gasteiger partial charge in [-0.15, -0.1) is 0 Å². The van der Waals surface area contributed by atoms with Gasteiger partial charge in [0, 0.05) is 18.6 Å². The number of hydrogen-bond donors (Lipinski definition) is 1. The Morgan fingerprint density at radius 2 is 2.04 bits per heavy atom. The van der Waals surface area contributed by atoms with Crippen molar-refractivity contribution < 1.29 is 18.0 Å². The number of carbonyl (C=O) groups excluding carboxylic acids is 1. The van der Waals surface area contributed by atoms with Crippen LogP contribution in [-0.2, 0) is 11.2 Å². The Morgan fingerprint density at radius 1 is 1.24 bits per heavy atom. The summed E-state index contributed by atoms with van der Waals surface area (Å²) in [7, 11) is 0. The molecule has 0 saturated carbocycles. The lowest BCUT2D eigenvalue weighted by Crippen LogP contribution is -2.39. The molecule has 1 atom stereocenters. The van der Waals surface area contributed by atoms with E-state index in [9.17, 15) is 18.0 Å². The number of pyridine rings is 2. The molecule has 1 N–H and O–H groups in total. The third kappa shape index (κ3) is 3.62. The van der Waals surface area contributed by atoms with E-state index < -0.39 is 18.1 Å². The summed E-state index contributed by atoms with van der Waals surface area (Å²) in [5.41, 5.74) is 1.84. The van der Waals surface area contributed by atoms with E-state index in [0.29, 0.717) is 11.3 Å². The van der Waals surface area contributed by atoms with Gasteiger partial charge >= 0.3 is 6.18 Å². The van der Waals surface area contributed by atoms with Crippen LogP contribution in [0.2, 0.25) is 0 Å². The van der Waals surface area contributed by atoms with Crippen LogP contribution in [0.4, 0.5) is 13.2 Å². The Hall–Kier alpha value is -2.90. The molecule has 3 rings (SSSR count). The maximum atomic E-state index is 13.3. The fourth-order valence-electron chi connectivity index (χ4n) is 2.58. The SMILES string of the molecule is Cc1cccn2c(CC(=O)N[C@@H](c3ccccn3)C(F)(F)F)cnc12. The summed E-state index contributed by atoms with van der Waals surface area (Å²) < 4.78 is 41.5. The Kier molecular flexibility index (Phi) is 4.43.